The van der Waals surface area contributed by atoms with E-state index < -0.39 is 0 Å². The van der Waals surface area contributed by atoms with E-state index in [1.807, 2.05) is 20.8 Å². The highest BCUT2D eigenvalue weighted by atomic mass is 35.5. The van der Waals surface area contributed by atoms with Crippen molar-refractivity contribution in [3.63, 3.8) is 0 Å². The van der Waals surface area contributed by atoms with E-state index in [0.29, 0.717) is 6.42 Å². The highest BCUT2D eigenvalue weighted by Gasteiger charge is 2.15. The molecular formula is C11H15ClFN. The lowest BCUT2D eigenvalue weighted by Crippen LogP contribution is -2.34. The Morgan fingerprint density at radius 2 is 2.00 bits per heavy atom. The van der Waals surface area contributed by atoms with Gasteiger partial charge in [-0.25, -0.2) is 4.39 Å². The van der Waals surface area contributed by atoms with E-state index in [0.717, 1.165) is 11.1 Å². The first kappa shape index (κ1) is 11.5. The van der Waals surface area contributed by atoms with E-state index in [9.17, 15) is 4.39 Å². The lowest BCUT2D eigenvalue weighted by molar-refractivity contribution is 0.514. The van der Waals surface area contributed by atoms with Crippen LogP contribution in [-0.4, -0.2) is 5.54 Å². The van der Waals surface area contributed by atoms with Crippen molar-refractivity contribution in [3.8, 4) is 0 Å². The van der Waals surface area contributed by atoms with E-state index in [1.54, 1.807) is 6.07 Å². The Hall–Kier alpha value is -0.600. The van der Waals surface area contributed by atoms with Crippen LogP contribution in [0, 0.1) is 12.7 Å². The Morgan fingerprint density at radius 1 is 1.43 bits per heavy atom. The van der Waals surface area contributed by atoms with Crippen molar-refractivity contribution in [1.82, 2.24) is 0 Å². The molecule has 0 heterocycles. The first-order chi connectivity index (χ1) is 6.31. The van der Waals surface area contributed by atoms with Crippen molar-refractivity contribution in [2.45, 2.75) is 32.7 Å². The minimum absolute atomic E-state index is 0.201. The van der Waals surface area contributed by atoms with Gasteiger partial charge in [-0.15, -0.1) is 0 Å². The molecule has 0 aliphatic rings. The van der Waals surface area contributed by atoms with Gasteiger partial charge in [-0.1, -0.05) is 17.7 Å². The van der Waals surface area contributed by atoms with Crippen LogP contribution < -0.4 is 5.73 Å². The second-order valence-corrected chi connectivity index (χ2v) is 4.69. The molecule has 2 N–H and O–H groups in total. The van der Waals surface area contributed by atoms with Gasteiger partial charge in [0.1, 0.15) is 5.82 Å². The van der Waals surface area contributed by atoms with Crippen LogP contribution in [-0.2, 0) is 6.42 Å². The predicted octanol–water partition coefficient (Wildman–Crippen LogP) is 3.07. The molecule has 78 valence electrons. The fraction of sp³-hybridized carbons (Fsp3) is 0.455. The Bertz CT molecular complexity index is 342. The Morgan fingerprint density at radius 3 is 2.50 bits per heavy atom. The minimum atomic E-state index is -0.372. The number of nitrogens with two attached hydrogens (primary N) is 1. The fourth-order valence-electron chi connectivity index (χ4n) is 1.37. The van der Waals surface area contributed by atoms with Crippen LogP contribution in [0.25, 0.3) is 0 Å². The smallest absolute Gasteiger partial charge is 0.142 e. The lowest BCUT2D eigenvalue weighted by Gasteiger charge is -2.20. The second-order valence-electron chi connectivity index (χ2n) is 4.31. The van der Waals surface area contributed by atoms with Gasteiger partial charge in [-0.05, 0) is 44.4 Å². The number of rotatable bonds is 2. The maximum absolute atomic E-state index is 13.0. The fourth-order valence-corrected chi connectivity index (χ4v) is 1.56. The van der Waals surface area contributed by atoms with Crippen LogP contribution >= 0.6 is 11.6 Å². The highest BCUT2D eigenvalue weighted by Crippen LogP contribution is 2.24. The molecule has 0 fully saturated rings. The van der Waals surface area contributed by atoms with Crippen molar-refractivity contribution in [2.75, 3.05) is 0 Å². The summed E-state index contributed by atoms with van der Waals surface area (Å²) in [4.78, 5) is 0. The third-order valence-corrected chi connectivity index (χ3v) is 2.56. The number of hydrogen-bond acceptors (Lipinski definition) is 1. The molecule has 0 unspecified atom stereocenters. The molecule has 0 bridgehead atoms. The third-order valence-electron chi connectivity index (χ3n) is 2.10. The van der Waals surface area contributed by atoms with Crippen LogP contribution in [0.1, 0.15) is 25.0 Å². The van der Waals surface area contributed by atoms with E-state index in [-0.39, 0.29) is 16.4 Å². The van der Waals surface area contributed by atoms with Crippen LogP contribution in [0.3, 0.4) is 0 Å². The summed E-state index contributed by atoms with van der Waals surface area (Å²) in [5, 5.41) is 0.201. The van der Waals surface area contributed by atoms with Gasteiger partial charge in [-0.3, -0.25) is 0 Å². The normalized spacial score (nSPS) is 11.9. The van der Waals surface area contributed by atoms with E-state index in [1.165, 1.54) is 6.07 Å². The van der Waals surface area contributed by atoms with Gasteiger partial charge in [0.2, 0.25) is 0 Å². The van der Waals surface area contributed by atoms with Crippen molar-refractivity contribution in [3.05, 3.63) is 34.1 Å². The Labute approximate surface area is 89.1 Å². The van der Waals surface area contributed by atoms with Gasteiger partial charge in [0.15, 0.2) is 0 Å². The van der Waals surface area contributed by atoms with Gasteiger partial charge in [0.05, 0.1) is 5.02 Å². The molecule has 1 aromatic carbocycles. The van der Waals surface area contributed by atoms with Gasteiger partial charge in [0.25, 0.3) is 0 Å². The predicted molar refractivity (Wildman–Crippen MR) is 58.1 cm³/mol. The summed E-state index contributed by atoms with van der Waals surface area (Å²) in [7, 11) is 0. The molecule has 0 saturated carbocycles. The van der Waals surface area contributed by atoms with Crippen molar-refractivity contribution in [2.24, 2.45) is 5.73 Å². The standard InChI is InChI=1S/C11H15ClFN/c1-7-8(6-11(2,3)14)4-5-9(13)10(7)12/h4-5H,6,14H2,1-3H3. The Balaban J connectivity index is 3.06. The van der Waals surface area contributed by atoms with Crippen LogP contribution in [0.2, 0.25) is 5.02 Å². The number of halogens is 2. The first-order valence-electron chi connectivity index (χ1n) is 4.53. The molecule has 0 atom stereocenters. The highest BCUT2D eigenvalue weighted by molar-refractivity contribution is 6.31. The quantitative estimate of drug-likeness (QED) is 0.806. The van der Waals surface area contributed by atoms with Crippen LogP contribution in [0.4, 0.5) is 4.39 Å². The SMILES string of the molecule is Cc1c(CC(C)(C)N)ccc(F)c1Cl. The summed E-state index contributed by atoms with van der Waals surface area (Å²) in [6, 6.07) is 3.13. The number of benzene rings is 1. The first-order valence-corrected chi connectivity index (χ1v) is 4.91. The number of hydrogen-bond donors (Lipinski definition) is 1. The van der Waals surface area contributed by atoms with Crippen molar-refractivity contribution < 1.29 is 4.39 Å². The van der Waals surface area contributed by atoms with Crippen LogP contribution in [0.15, 0.2) is 12.1 Å². The minimum Gasteiger partial charge on any atom is -0.325 e. The summed E-state index contributed by atoms with van der Waals surface area (Å²) in [5.74, 6) is -0.372. The van der Waals surface area contributed by atoms with E-state index in [2.05, 4.69) is 0 Å². The average molecular weight is 216 g/mol. The van der Waals surface area contributed by atoms with Gasteiger partial charge in [0, 0.05) is 5.54 Å². The molecule has 0 radical (unpaired) electrons. The average Bonchev–Trinajstić information content (AvgIpc) is 2.04. The molecule has 1 rings (SSSR count). The molecule has 0 amide bonds. The topological polar surface area (TPSA) is 26.0 Å². The third kappa shape index (κ3) is 2.69. The van der Waals surface area contributed by atoms with Crippen molar-refractivity contribution >= 4 is 11.6 Å². The van der Waals surface area contributed by atoms with Crippen LogP contribution in [0.5, 0.6) is 0 Å². The second kappa shape index (κ2) is 3.87. The molecule has 0 aliphatic carbocycles. The summed E-state index contributed by atoms with van der Waals surface area (Å²) in [6.07, 6.45) is 0.693. The lowest BCUT2D eigenvalue weighted by atomic mass is 9.93. The molecule has 3 heteroatoms. The summed E-state index contributed by atoms with van der Waals surface area (Å²) in [6.45, 7) is 5.68. The van der Waals surface area contributed by atoms with Crippen molar-refractivity contribution in [1.29, 1.82) is 0 Å². The molecule has 0 aliphatic heterocycles. The molecule has 1 aromatic rings. The van der Waals surface area contributed by atoms with E-state index >= 15 is 0 Å². The summed E-state index contributed by atoms with van der Waals surface area (Å²) < 4.78 is 13.0. The zero-order valence-corrected chi connectivity index (χ0v) is 9.45. The van der Waals surface area contributed by atoms with Gasteiger partial charge in [-0.2, -0.15) is 0 Å². The molecule has 14 heavy (non-hydrogen) atoms. The Kier molecular flexibility index (Phi) is 3.17. The summed E-state index contributed by atoms with van der Waals surface area (Å²) in [5.41, 5.74) is 7.37. The molecular weight excluding hydrogens is 201 g/mol. The maximum Gasteiger partial charge on any atom is 0.142 e. The summed E-state index contributed by atoms with van der Waals surface area (Å²) >= 11 is 5.80. The molecule has 0 aromatic heterocycles. The maximum atomic E-state index is 13.0. The largest absolute Gasteiger partial charge is 0.325 e. The van der Waals surface area contributed by atoms with E-state index in [4.69, 9.17) is 17.3 Å². The monoisotopic (exact) mass is 215 g/mol. The zero-order chi connectivity index (χ0) is 10.9. The molecule has 0 saturated heterocycles. The van der Waals surface area contributed by atoms with Gasteiger partial charge >= 0.3 is 0 Å². The molecule has 1 nitrogen and oxygen atoms in total. The van der Waals surface area contributed by atoms with Gasteiger partial charge < -0.3 is 5.73 Å². The zero-order valence-electron chi connectivity index (χ0n) is 8.70. The molecule has 0 spiro atoms.